The second-order valence-corrected chi connectivity index (χ2v) is 10.1. The van der Waals surface area contributed by atoms with Gasteiger partial charge in [0.25, 0.3) is 0 Å². The van der Waals surface area contributed by atoms with Crippen LogP contribution in [-0.2, 0) is 11.3 Å². The van der Waals surface area contributed by atoms with E-state index < -0.39 is 0 Å². The Morgan fingerprint density at radius 3 is 2.43 bits per heavy atom. The third-order valence-electron chi connectivity index (χ3n) is 7.52. The van der Waals surface area contributed by atoms with Crippen LogP contribution in [0.15, 0.2) is 79.0 Å². The van der Waals surface area contributed by atoms with E-state index in [2.05, 4.69) is 88.6 Å². The van der Waals surface area contributed by atoms with E-state index in [0.29, 0.717) is 13.0 Å². The quantitative estimate of drug-likeness (QED) is 0.305. The Balaban J connectivity index is 1.44. The summed E-state index contributed by atoms with van der Waals surface area (Å²) in [4.78, 5) is 15.6. The normalized spacial score (nSPS) is 14.6. The van der Waals surface area contributed by atoms with Gasteiger partial charge in [0.2, 0.25) is 5.91 Å². The molecule has 0 unspecified atom stereocenters. The second-order valence-electron chi connectivity index (χ2n) is 10.1. The number of aryl methyl sites for hydroxylation is 1. The number of likely N-dealkylation sites (tertiary alicyclic amines) is 1. The fourth-order valence-electron chi connectivity index (χ4n) is 5.43. The lowest BCUT2D eigenvalue weighted by atomic mass is 9.88. The van der Waals surface area contributed by atoms with Crippen molar-refractivity contribution in [2.75, 3.05) is 33.3 Å². The molecule has 2 heterocycles. The Kier molecular flexibility index (Phi) is 7.90. The number of hydrogen-bond donors (Lipinski definition) is 1. The van der Waals surface area contributed by atoms with Crippen LogP contribution in [0.4, 0.5) is 0 Å². The zero-order valence-corrected chi connectivity index (χ0v) is 22.0. The topological polar surface area (TPSA) is 46.5 Å². The molecule has 1 fully saturated rings. The fourth-order valence-corrected chi connectivity index (χ4v) is 5.43. The molecule has 1 saturated heterocycles. The molecule has 1 N–H and O–H groups in total. The van der Waals surface area contributed by atoms with E-state index in [4.69, 9.17) is 4.74 Å². The molecule has 1 aliphatic rings. The number of nitrogens with zero attached hydrogens (tertiary/aromatic N) is 2. The van der Waals surface area contributed by atoms with Crippen molar-refractivity contribution in [2.45, 2.75) is 38.6 Å². The van der Waals surface area contributed by atoms with Gasteiger partial charge < -0.3 is 19.5 Å². The van der Waals surface area contributed by atoms with E-state index in [-0.39, 0.29) is 11.8 Å². The van der Waals surface area contributed by atoms with Gasteiger partial charge in [0.15, 0.2) is 0 Å². The highest BCUT2D eigenvalue weighted by atomic mass is 16.5. The minimum Gasteiger partial charge on any atom is -0.497 e. The average Bonchev–Trinajstić information content (AvgIpc) is 3.57. The molecule has 3 aromatic carbocycles. The lowest BCUT2D eigenvalue weighted by Gasteiger charge is -2.19. The number of benzene rings is 3. The molecular formula is C32H37N3O2. The molecule has 4 aromatic rings. The molecule has 1 aliphatic heterocycles. The molecule has 1 amide bonds. The summed E-state index contributed by atoms with van der Waals surface area (Å²) in [5, 5.41) is 4.38. The van der Waals surface area contributed by atoms with Crippen molar-refractivity contribution in [1.82, 2.24) is 14.8 Å². The molecule has 0 radical (unpaired) electrons. The average molecular weight is 496 g/mol. The van der Waals surface area contributed by atoms with Crippen LogP contribution in [0.3, 0.4) is 0 Å². The third kappa shape index (κ3) is 6.05. The Morgan fingerprint density at radius 1 is 0.973 bits per heavy atom. The lowest BCUT2D eigenvalue weighted by Crippen LogP contribution is -2.34. The number of para-hydroxylation sites is 1. The first-order chi connectivity index (χ1) is 18.1. The van der Waals surface area contributed by atoms with Crippen molar-refractivity contribution in [3.63, 3.8) is 0 Å². The van der Waals surface area contributed by atoms with Crippen LogP contribution in [0.5, 0.6) is 5.75 Å². The van der Waals surface area contributed by atoms with Crippen LogP contribution in [0.25, 0.3) is 10.9 Å². The molecular weight excluding hydrogens is 458 g/mol. The summed E-state index contributed by atoms with van der Waals surface area (Å²) in [6.45, 7) is 6.81. The molecule has 5 rings (SSSR count). The largest absolute Gasteiger partial charge is 0.497 e. The van der Waals surface area contributed by atoms with Gasteiger partial charge in [-0.05, 0) is 67.7 Å². The maximum Gasteiger partial charge on any atom is 0.220 e. The van der Waals surface area contributed by atoms with Crippen LogP contribution in [0, 0.1) is 6.92 Å². The van der Waals surface area contributed by atoms with E-state index >= 15 is 0 Å². The molecule has 192 valence electrons. The Labute approximate surface area is 220 Å². The second kappa shape index (κ2) is 11.7. The number of amides is 1. The van der Waals surface area contributed by atoms with Crippen molar-refractivity contribution in [2.24, 2.45) is 0 Å². The lowest BCUT2D eigenvalue weighted by molar-refractivity contribution is -0.121. The number of rotatable bonds is 10. The van der Waals surface area contributed by atoms with Crippen LogP contribution in [0.1, 0.15) is 47.4 Å². The monoisotopic (exact) mass is 495 g/mol. The molecule has 0 saturated carbocycles. The molecule has 5 heteroatoms. The maximum absolute atomic E-state index is 13.2. The Morgan fingerprint density at radius 2 is 1.70 bits per heavy atom. The van der Waals surface area contributed by atoms with E-state index in [1.54, 1.807) is 7.11 Å². The third-order valence-corrected chi connectivity index (χ3v) is 7.52. The molecule has 37 heavy (non-hydrogen) atoms. The predicted molar refractivity (Wildman–Crippen MR) is 150 cm³/mol. The first kappa shape index (κ1) is 25.1. The molecule has 5 nitrogen and oxygen atoms in total. The van der Waals surface area contributed by atoms with Crippen LogP contribution in [0.2, 0.25) is 0 Å². The molecule has 0 spiro atoms. The fraction of sp³-hybridized carbons (Fsp3) is 0.344. The van der Waals surface area contributed by atoms with Gasteiger partial charge in [-0.3, -0.25) is 4.79 Å². The smallest absolute Gasteiger partial charge is 0.220 e. The summed E-state index contributed by atoms with van der Waals surface area (Å²) < 4.78 is 7.72. The number of carbonyl (C=O) groups excluding carboxylic acids is 1. The van der Waals surface area contributed by atoms with Gasteiger partial charge >= 0.3 is 0 Å². The van der Waals surface area contributed by atoms with Gasteiger partial charge in [0.05, 0.1) is 7.11 Å². The highest BCUT2D eigenvalue weighted by Gasteiger charge is 2.23. The van der Waals surface area contributed by atoms with E-state index in [1.165, 1.54) is 40.4 Å². The molecule has 0 aliphatic carbocycles. The minimum atomic E-state index is -0.0538. The van der Waals surface area contributed by atoms with Crippen LogP contribution < -0.4 is 10.1 Å². The Hall–Kier alpha value is -3.57. The van der Waals surface area contributed by atoms with Crippen molar-refractivity contribution in [3.8, 4) is 5.75 Å². The summed E-state index contributed by atoms with van der Waals surface area (Å²) in [5.74, 6) is 0.858. The number of ether oxygens (including phenoxy) is 1. The van der Waals surface area contributed by atoms with Gasteiger partial charge in [-0.1, -0.05) is 60.2 Å². The summed E-state index contributed by atoms with van der Waals surface area (Å²) in [5.41, 5.74) is 6.01. The number of methoxy groups -OCH3 is 1. The number of fused-ring (bicyclic) bond motifs is 1. The highest BCUT2D eigenvalue weighted by Crippen LogP contribution is 2.35. The molecule has 0 bridgehead atoms. The number of carbonyl (C=O) groups is 1. The predicted octanol–water partition coefficient (Wildman–Crippen LogP) is 5.74. The molecule has 1 atom stereocenters. The van der Waals surface area contributed by atoms with E-state index in [1.807, 2.05) is 12.1 Å². The maximum atomic E-state index is 13.2. The Bertz CT molecular complexity index is 1320. The van der Waals surface area contributed by atoms with Gasteiger partial charge in [-0.2, -0.15) is 0 Å². The number of hydrogen-bond acceptors (Lipinski definition) is 3. The minimum absolute atomic E-state index is 0.0538. The van der Waals surface area contributed by atoms with Gasteiger partial charge in [-0.25, -0.2) is 0 Å². The number of nitrogens with one attached hydrogen (secondary N) is 1. The van der Waals surface area contributed by atoms with Crippen LogP contribution in [-0.4, -0.2) is 48.7 Å². The SMILES string of the molecule is COc1ccc([C@H](CC(=O)NCCN2CCCC2)c2cn(Cc3ccc(C)cc3)c3ccccc23)cc1. The summed E-state index contributed by atoms with van der Waals surface area (Å²) in [7, 11) is 1.68. The zero-order chi connectivity index (χ0) is 25.6. The van der Waals surface area contributed by atoms with Gasteiger partial charge in [0, 0.05) is 49.1 Å². The first-order valence-corrected chi connectivity index (χ1v) is 13.4. The van der Waals surface area contributed by atoms with E-state index in [9.17, 15) is 4.79 Å². The van der Waals surface area contributed by atoms with Crippen molar-refractivity contribution >= 4 is 16.8 Å². The standard InChI is InChI=1S/C32H37N3O2/c1-24-9-11-25(12-10-24)22-35-23-30(28-7-3-4-8-31(28)35)29(26-13-15-27(37-2)16-14-26)21-32(36)33-17-20-34-18-5-6-19-34/h3-4,7-16,23,29H,5-6,17-22H2,1-2H3,(H,33,36)/t29-/m0/s1. The summed E-state index contributed by atoms with van der Waals surface area (Å²) in [6.07, 6.45) is 5.18. The van der Waals surface area contributed by atoms with Gasteiger partial charge in [0.1, 0.15) is 5.75 Å². The zero-order valence-electron chi connectivity index (χ0n) is 22.0. The van der Waals surface area contributed by atoms with Crippen molar-refractivity contribution in [1.29, 1.82) is 0 Å². The van der Waals surface area contributed by atoms with Crippen molar-refractivity contribution in [3.05, 3.63) is 101 Å². The number of aromatic nitrogens is 1. The summed E-state index contributed by atoms with van der Waals surface area (Å²) in [6, 6.07) is 25.4. The van der Waals surface area contributed by atoms with Crippen molar-refractivity contribution < 1.29 is 9.53 Å². The van der Waals surface area contributed by atoms with Gasteiger partial charge in [-0.15, -0.1) is 0 Å². The first-order valence-electron chi connectivity index (χ1n) is 13.4. The molecule has 1 aromatic heterocycles. The van der Waals surface area contributed by atoms with E-state index in [0.717, 1.165) is 37.5 Å². The van der Waals surface area contributed by atoms with Crippen LogP contribution >= 0.6 is 0 Å². The summed E-state index contributed by atoms with van der Waals surface area (Å²) >= 11 is 0. The highest BCUT2D eigenvalue weighted by molar-refractivity contribution is 5.86.